The number of anilines is 1. The highest BCUT2D eigenvalue weighted by atomic mass is 35.5. The molecule has 6 heteroatoms. The van der Waals surface area contributed by atoms with Crippen LogP contribution in [-0.4, -0.2) is 37.8 Å². The third-order valence-corrected chi connectivity index (χ3v) is 2.95. The lowest BCUT2D eigenvalue weighted by Gasteiger charge is -2.23. The van der Waals surface area contributed by atoms with Crippen molar-refractivity contribution in [2.24, 2.45) is 0 Å². The van der Waals surface area contributed by atoms with Gasteiger partial charge in [0.2, 0.25) is 5.91 Å². The maximum atomic E-state index is 12.1. The van der Waals surface area contributed by atoms with Gasteiger partial charge in [0.25, 0.3) is 0 Å². The largest absolute Gasteiger partial charge is 0.489 e. The Morgan fingerprint density at radius 1 is 1.48 bits per heavy atom. The highest BCUT2D eigenvalue weighted by molar-refractivity contribution is 5.92. The Kier molecular flexibility index (Phi) is 7.50. The van der Waals surface area contributed by atoms with Gasteiger partial charge in [0, 0.05) is 19.0 Å². The number of hydrogen-bond acceptors (Lipinski definition) is 4. The first-order chi connectivity index (χ1) is 9.65. The van der Waals surface area contributed by atoms with Gasteiger partial charge in [-0.25, -0.2) is 0 Å². The predicted octanol–water partition coefficient (Wildman–Crippen LogP) is 2.21. The molecule has 1 aliphatic heterocycles. The van der Waals surface area contributed by atoms with E-state index in [1.165, 1.54) is 0 Å². The zero-order chi connectivity index (χ0) is 14.4. The molecule has 1 aromatic carbocycles. The minimum absolute atomic E-state index is 0. The van der Waals surface area contributed by atoms with Crippen LogP contribution in [-0.2, 0) is 9.53 Å². The highest BCUT2D eigenvalue weighted by Crippen LogP contribution is 2.25. The highest BCUT2D eigenvalue weighted by Gasteiger charge is 2.17. The molecule has 1 saturated heterocycles. The van der Waals surface area contributed by atoms with E-state index in [2.05, 4.69) is 10.6 Å². The van der Waals surface area contributed by atoms with Crippen LogP contribution in [0.2, 0.25) is 0 Å². The van der Waals surface area contributed by atoms with Crippen LogP contribution >= 0.6 is 12.4 Å². The van der Waals surface area contributed by atoms with E-state index in [0.717, 1.165) is 6.54 Å². The summed E-state index contributed by atoms with van der Waals surface area (Å²) in [4.78, 5) is 12.1. The second-order valence-corrected chi connectivity index (χ2v) is 5.14. The van der Waals surface area contributed by atoms with Crippen molar-refractivity contribution < 1.29 is 14.3 Å². The molecule has 2 rings (SSSR count). The van der Waals surface area contributed by atoms with Crippen LogP contribution in [0.1, 0.15) is 20.3 Å². The zero-order valence-corrected chi connectivity index (χ0v) is 13.2. The van der Waals surface area contributed by atoms with Crippen molar-refractivity contribution in [3.05, 3.63) is 24.3 Å². The number of nitrogens with one attached hydrogen (secondary N) is 2. The molecule has 118 valence electrons. The van der Waals surface area contributed by atoms with Crippen LogP contribution in [0, 0.1) is 0 Å². The predicted molar refractivity (Wildman–Crippen MR) is 85.3 cm³/mol. The maximum Gasteiger partial charge on any atom is 0.226 e. The van der Waals surface area contributed by atoms with Crippen LogP contribution in [0.4, 0.5) is 5.69 Å². The van der Waals surface area contributed by atoms with Crippen molar-refractivity contribution in [1.82, 2.24) is 5.32 Å². The van der Waals surface area contributed by atoms with Gasteiger partial charge >= 0.3 is 0 Å². The van der Waals surface area contributed by atoms with E-state index in [0.29, 0.717) is 31.1 Å². The lowest BCUT2D eigenvalue weighted by Crippen LogP contribution is -2.43. The Morgan fingerprint density at radius 2 is 2.24 bits per heavy atom. The van der Waals surface area contributed by atoms with E-state index in [4.69, 9.17) is 9.47 Å². The van der Waals surface area contributed by atoms with Crippen molar-refractivity contribution in [3.8, 4) is 5.75 Å². The summed E-state index contributed by atoms with van der Waals surface area (Å²) in [6, 6.07) is 7.56. The fourth-order valence-electron chi connectivity index (χ4n) is 2.10. The number of amides is 1. The van der Waals surface area contributed by atoms with Crippen LogP contribution in [0.5, 0.6) is 5.75 Å². The third kappa shape index (κ3) is 5.91. The average molecular weight is 315 g/mol. The van der Waals surface area contributed by atoms with Gasteiger partial charge in [0.15, 0.2) is 0 Å². The first-order valence-corrected chi connectivity index (χ1v) is 7.02. The number of halogens is 1. The molecule has 1 amide bonds. The van der Waals surface area contributed by atoms with Crippen LogP contribution in [0.15, 0.2) is 24.3 Å². The number of carbonyl (C=O) groups excluding carboxylic acids is 1. The second kappa shape index (κ2) is 8.87. The molecule has 1 heterocycles. The molecule has 0 bridgehead atoms. The van der Waals surface area contributed by atoms with Gasteiger partial charge in [0.1, 0.15) is 5.75 Å². The molecule has 1 unspecified atom stereocenters. The fraction of sp³-hybridized carbons (Fsp3) is 0.533. The first-order valence-electron chi connectivity index (χ1n) is 7.02. The summed E-state index contributed by atoms with van der Waals surface area (Å²) in [6.07, 6.45) is 0.470. The van der Waals surface area contributed by atoms with Crippen LogP contribution in [0.25, 0.3) is 0 Å². The Labute approximate surface area is 131 Å². The number of para-hydroxylation sites is 2. The number of ether oxygens (including phenoxy) is 2. The summed E-state index contributed by atoms with van der Waals surface area (Å²) >= 11 is 0. The van der Waals surface area contributed by atoms with Crippen molar-refractivity contribution in [1.29, 1.82) is 0 Å². The first kappa shape index (κ1) is 17.8. The molecule has 1 aliphatic rings. The SMILES string of the molecule is CC(C)Oc1ccccc1NC(=O)CC1COCCN1.Cl. The summed E-state index contributed by atoms with van der Waals surface area (Å²) in [7, 11) is 0. The van der Waals surface area contributed by atoms with Crippen molar-refractivity contribution in [3.63, 3.8) is 0 Å². The molecular weight excluding hydrogens is 292 g/mol. The smallest absolute Gasteiger partial charge is 0.226 e. The molecule has 0 aromatic heterocycles. The lowest BCUT2D eigenvalue weighted by molar-refractivity contribution is -0.117. The molecule has 0 spiro atoms. The molecular formula is C15H23ClN2O3. The van der Waals surface area contributed by atoms with E-state index in [1.807, 2.05) is 38.1 Å². The summed E-state index contributed by atoms with van der Waals surface area (Å²) in [6.45, 7) is 6.01. The molecule has 0 saturated carbocycles. The van der Waals surface area contributed by atoms with E-state index in [1.54, 1.807) is 0 Å². The van der Waals surface area contributed by atoms with Gasteiger partial charge in [0.05, 0.1) is 25.0 Å². The minimum Gasteiger partial charge on any atom is -0.489 e. The van der Waals surface area contributed by atoms with E-state index in [-0.39, 0.29) is 30.5 Å². The Morgan fingerprint density at radius 3 is 2.90 bits per heavy atom. The molecule has 1 aromatic rings. The fourth-order valence-corrected chi connectivity index (χ4v) is 2.10. The maximum absolute atomic E-state index is 12.1. The topological polar surface area (TPSA) is 59.6 Å². The van der Waals surface area contributed by atoms with Gasteiger partial charge in [-0.3, -0.25) is 4.79 Å². The quantitative estimate of drug-likeness (QED) is 0.875. The minimum atomic E-state index is -0.0344. The average Bonchev–Trinajstić information content (AvgIpc) is 2.41. The molecule has 5 nitrogen and oxygen atoms in total. The normalized spacial score (nSPS) is 18.0. The van der Waals surface area contributed by atoms with Crippen molar-refractivity contribution in [2.75, 3.05) is 25.1 Å². The molecule has 21 heavy (non-hydrogen) atoms. The Hall–Kier alpha value is -1.30. The van der Waals surface area contributed by atoms with Gasteiger partial charge in [-0.15, -0.1) is 12.4 Å². The summed E-state index contributed by atoms with van der Waals surface area (Å²) < 4.78 is 11.0. The van der Waals surface area contributed by atoms with E-state index < -0.39 is 0 Å². The molecule has 1 atom stereocenters. The lowest BCUT2D eigenvalue weighted by atomic mass is 10.2. The number of morpholine rings is 1. The number of hydrogen-bond donors (Lipinski definition) is 2. The van der Waals surface area contributed by atoms with E-state index >= 15 is 0 Å². The molecule has 0 aliphatic carbocycles. The summed E-state index contributed by atoms with van der Waals surface area (Å²) in [5.74, 6) is 0.663. The third-order valence-electron chi connectivity index (χ3n) is 2.95. The van der Waals surface area contributed by atoms with Crippen LogP contribution in [0.3, 0.4) is 0 Å². The summed E-state index contributed by atoms with van der Waals surface area (Å²) in [5.41, 5.74) is 0.711. The van der Waals surface area contributed by atoms with Gasteiger partial charge in [-0.1, -0.05) is 12.1 Å². The van der Waals surface area contributed by atoms with Gasteiger partial charge in [-0.05, 0) is 26.0 Å². The number of carbonyl (C=O) groups is 1. The molecule has 0 radical (unpaired) electrons. The summed E-state index contributed by atoms with van der Waals surface area (Å²) in [5, 5.41) is 6.17. The zero-order valence-electron chi connectivity index (χ0n) is 12.4. The van der Waals surface area contributed by atoms with Crippen molar-refractivity contribution >= 4 is 24.0 Å². The van der Waals surface area contributed by atoms with Crippen LogP contribution < -0.4 is 15.4 Å². The van der Waals surface area contributed by atoms with Crippen molar-refractivity contribution in [2.45, 2.75) is 32.4 Å². The Bertz CT molecular complexity index is 448. The Balaban J connectivity index is 0.00000220. The van der Waals surface area contributed by atoms with Gasteiger partial charge < -0.3 is 20.1 Å². The second-order valence-electron chi connectivity index (χ2n) is 5.14. The van der Waals surface area contributed by atoms with Gasteiger partial charge in [-0.2, -0.15) is 0 Å². The molecule has 1 fully saturated rings. The standard InChI is InChI=1S/C15H22N2O3.ClH/c1-11(2)20-14-6-4-3-5-13(14)17-15(18)9-12-10-19-8-7-16-12;/h3-6,11-12,16H,7-10H2,1-2H3,(H,17,18);1H. The monoisotopic (exact) mass is 314 g/mol. The number of rotatable bonds is 5. The van der Waals surface area contributed by atoms with E-state index in [9.17, 15) is 4.79 Å². The number of benzene rings is 1. The molecule has 2 N–H and O–H groups in total.